The molecule has 1 nitrogen and oxygen atoms in total. The Morgan fingerprint density at radius 1 is 1.08 bits per heavy atom. The van der Waals surface area contributed by atoms with Crippen LogP contribution in [0.25, 0.3) is 0 Å². The molecular formula is C12H13N. The number of H-pyrrole nitrogens is 1. The summed E-state index contributed by atoms with van der Waals surface area (Å²) in [5, 5.41) is 0. The van der Waals surface area contributed by atoms with Crippen LogP contribution in [0.15, 0.2) is 42.6 Å². The van der Waals surface area contributed by atoms with Crippen molar-refractivity contribution in [3.63, 3.8) is 0 Å². The highest BCUT2D eigenvalue weighted by atomic mass is 14.7. The van der Waals surface area contributed by atoms with Gasteiger partial charge in [-0.25, -0.2) is 0 Å². The fourth-order valence-corrected chi connectivity index (χ4v) is 1.49. The van der Waals surface area contributed by atoms with Crippen molar-refractivity contribution in [2.45, 2.75) is 13.3 Å². The molecular weight excluding hydrogens is 158 g/mol. The Morgan fingerprint density at radius 3 is 2.46 bits per heavy atom. The van der Waals surface area contributed by atoms with Gasteiger partial charge in [0, 0.05) is 11.9 Å². The van der Waals surface area contributed by atoms with E-state index >= 15 is 0 Å². The number of aryl methyl sites for hydroxylation is 1. The molecule has 0 radical (unpaired) electrons. The summed E-state index contributed by atoms with van der Waals surface area (Å²) in [7, 11) is 0. The Hall–Kier alpha value is -1.50. The van der Waals surface area contributed by atoms with Crippen LogP contribution in [0.2, 0.25) is 0 Å². The van der Waals surface area contributed by atoms with Crippen molar-refractivity contribution in [3.8, 4) is 0 Å². The molecule has 0 fully saturated rings. The van der Waals surface area contributed by atoms with Crippen molar-refractivity contribution in [1.29, 1.82) is 0 Å². The molecule has 13 heavy (non-hydrogen) atoms. The van der Waals surface area contributed by atoms with Crippen LogP contribution in [-0.2, 0) is 6.42 Å². The van der Waals surface area contributed by atoms with Gasteiger partial charge in [0.1, 0.15) is 0 Å². The Labute approximate surface area is 78.4 Å². The minimum atomic E-state index is 1.02. The molecule has 66 valence electrons. The van der Waals surface area contributed by atoms with Gasteiger partial charge in [0.25, 0.3) is 0 Å². The van der Waals surface area contributed by atoms with Crippen LogP contribution >= 0.6 is 0 Å². The summed E-state index contributed by atoms with van der Waals surface area (Å²) in [6.45, 7) is 2.11. The lowest BCUT2D eigenvalue weighted by molar-refractivity contribution is 1.14. The highest BCUT2D eigenvalue weighted by Gasteiger charge is 1.99. The molecule has 1 aromatic carbocycles. The molecule has 0 amide bonds. The number of benzene rings is 1. The van der Waals surface area contributed by atoms with Crippen LogP contribution in [0.5, 0.6) is 0 Å². The quantitative estimate of drug-likeness (QED) is 0.715. The predicted molar refractivity (Wildman–Crippen MR) is 54.8 cm³/mol. The lowest BCUT2D eigenvalue weighted by Crippen LogP contribution is -1.87. The summed E-state index contributed by atoms with van der Waals surface area (Å²) >= 11 is 0. The molecule has 0 saturated heterocycles. The van der Waals surface area contributed by atoms with Gasteiger partial charge in [0.2, 0.25) is 0 Å². The maximum atomic E-state index is 3.19. The summed E-state index contributed by atoms with van der Waals surface area (Å²) < 4.78 is 0. The van der Waals surface area contributed by atoms with Crippen molar-refractivity contribution < 1.29 is 0 Å². The predicted octanol–water partition coefficient (Wildman–Crippen LogP) is 2.91. The smallest absolute Gasteiger partial charge is 0.0151 e. The number of nitrogens with one attached hydrogen (secondary N) is 1. The van der Waals surface area contributed by atoms with Crippen LogP contribution in [0.1, 0.15) is 16.8 Å². The van der Waals surface area contributed by atoms with Gasteiger partial charge in [-0.3, -0.25) is 0 Å². The highest BCUT2D eigenvalue weighted by molar-refractivity contribution is 5.28. The fraction of sp³-hybridized carbons (Fsp3) is 0.167. The van der Waals surface area contributed by atoms with Gasteiger partial charge in [-0.05, 0) is 30.5 Å². The van der Waals surface area contributed by atoms with E-state index in [1.165, 1.54) is 16.8 Å². The lowest BCUT2D eigenvalue weighted by Gasteiger charge is -1.99. The second kappa shape index (κ2) is 3.48. The van der Waals surface area contributed by atoms with Crippen molar-refractivity contribution in [2.75, 3.05) is 0 Å². The first-order chi connectivity index (χ1) is 6.36. The van der Waals surface area contributed by atoms with Crippen molar-refractivity contribution in [1.82, 2.24) is 4.98 Å². The first-order valence-corrected chi connectivity index (χ1v) is 4.53. The Kier molecular flexibility index (Phi) is 2.17. The van der Waals surface area contributed by atoms with Gasteiger partial charge in [0.15, 0.2) is 0 Å². The summed E-state index contributed by atoms with van der Waals surface area (Å²) in [6, 6.07) is 12.7. The van der Waals surface area contributed by atoms with Crippen LogP contribution in [0, 0.1) is 6.92 Å². The van der Waals surface area contributed by atoms with Crippen molar-refractivity contribution in [2.24, 2.45) is 0 Å². The number of aromatic amines is 1. The van der Waals surface area contributed by atoms with E-state index in [-0.39, 0.29) is 0 Å². The van der Waals surface area contributed by atoms with Gasteiger partial charge >= 0.3 is 0 Å². The molecule has 0 atom stereocenters. The Morgan fingerprint density at radius 2 is 1.85 bits per heavy atom. The largest absolute Gasteiger partial charge is 0.365 e. The molecule has 0 aliphatic heterocycles. The minimum Gasteiger partial charge on any atom is -0.365 e. The average molecular weight is 171 g/mol. The maximum absolute atomic E-state index is 3.19. The molecule has 0 aliphatic carbocycles. The molecule has 0 bridgehead atoms. The average Bonchev–Trinajstić information content (AvgIpc) is 2.54. The molecule has 1 heterocycles. The van der Waals surface area contributed by atoms with Gasteiger partial charge in [-0.1, -0.05) is 30.3 Å². The highest BCUT2D eigenvalue weighted by Crippen LogP contribution is 2.11. The van der Waals surface area contributed by atoms with Crippen molar-refractivity contribution >= 4 is 0 Å². The first-order valence-electron chi connectivity index (χ1n) is 4.53. The zero-order valence-electron chi connectivity index (χ0n) is 7.75. The molecule has 2 aromatic rings. The molecule has 0 aliphatic rings. The maximum Gasteiger partial charge on any atom is 0.0151 e. The van der Waals surface area contributed by atoms with Crippen molar-refractivity contribution in [3.05, 3.63) is 59.4 Å². The van der Waals surface area contributed by atoms with E-state index in [4.69, 9.17) is 0 Å². The van der Waals surface area contributed by atoms with E-state index in [2.05, 4.69) is 42.2 Å². The molecule has 0 unspecified atom stereocenters. The third-order valence-corrected chi connectivity index (χ3v) is 2.30. The van der Waals surface area contributed by atoms with Gasteiger partial charge in [-0.15, -0.1) is 0 Å². The van der Waals surface area contributed by atoms with Crippen LogP contribution in [0.4, 0.5) is 0 Å². The van der Waals surface area contributed by atoms with E-state index in [1.807, 2.05) is 12.3 Å². The second-order valence-corrected chi connectivity index (χ2v) is 3.29. The normalized spacial score (nSPS) is 10.2. The van der Waals surface area contributed by atoms with Gasteiger partial charge in [0.05, 0.1) is 0 Å². The number of hydrogen-bond acceptors (Lipinski definition) is 0. The second-order valence-electron chi connectivity index (χ2n) is 3.29. The number of hydrogen-bond donors (Lipinski definition) is 1. The summed E-state index contributed by atoms with van der Waals surface area (Å²) in [5.41, 5.74) is 4.01. The standard InChI is InChI=1S/C12H13N/c1-10-12(7-8-13-10)9-11-5-3-2-4-6-11/h2-8,13H,9H2,1H3. The number of aromatic nitrogens is 1. The molecule has 2 rings (SSSR count). The Bertz CT molecular complexity index is 373. The summed E-state index contributed by atoms with van der Waals surface area (Å²) in [4.78, 5) is 3.19. The zero-order chi connectivity index (χ0) is 9.10. The van der Waals surface area contributed by atoms with Crippen LogP contribution in [-0.4, -0.2) is 4.98 Å². The van der Waals surface area contributed by atoms with Crippen LogP contribution in [0.3, 0.4) is 0 Å². The molecule has 1 N–H and O–H groups in total. The monoisotopic (exact) mass is 171 g/mol. The molecule has 0 saturated carbocycles. The zero-order valence-corrected chi connectivity index (χ0v) is 7.75. The van der Waals surface area contributed by atoms with Crippen LogP contribution < -0.4 is 0 Å². The number of rotatable bonds is 2. The van der Waals surface area contributed by atoms with E-state index < -0.39 is 0 Å². The van der Waals surface area contributed by atoms with E-state index in [0.717, 1.165) is 6.42 Å². The third-order valence-electron chi connectivity index (χ3n) is 2.30. The Balaban J connectivity index is 2.20. The van der Waals surface area contributed by atoms with Gasteiger partial charge < -0.3 is 4.98 Å². The minimum absolute atomic E-state index is 1.02. The van der Waals surface area contributed by atoms with E-state index in [0.29, 0.717) is 0 Å². The molecule has 1 heteroatoms. The molecule has 0 spiro atoms. The summed E-state index contributed by atoms with van der Waals surface area (Å²) in [5.74, 6) is 0. The SMILES string of the molecule is Cc1[nH]ccc1Cc1ccccc1. The van der Waals surface area contributed by atoms with Gasteiger partial charge in [-0.2, -0.15) is 0 Å². The first kappa shape index (κ1) is 8.11. The third kappa shape index (κ3) is 1.81. The summed E-state index contributed by atoms with van der Waals surface area (Å²) in [6.07, 6.45) is 3.02. The fourth-order valence-electron chi connectivity index (χ4n) is 1.49. The molecule has 1 aromatic heterocycles. The lowest BCUT2D eigenvalue weighted by atomic mass is 10.1. The van der Waals surface area contributed by atoms with E-state index in [9.17, 15) is 0 Å². The van der Waals surface area contributed by atoms with E-state index in [1.54, 1.807) is 0 Å². The topological polar surface area (TPSA) is 15.8 Å².